The second-order valence-corrected chi connectivity index (χ2v) is 7.36. The lowest BCUT2D eigenvalue weighted by Gasteiger charge is -2.36. The molecule has 2 heterocycles. The second-order valence-electron chi connectivity index (χ2n) is 5.51. The van der Waals surface area contributed by atoms with Gasteiger partial charge >= 0.3 is 0 Å². The van der Waals surface area contributed by atoms with Gasteiger partial charge in [-0.3, -0.25) is 5.84 Å². The van der Waals surface area contributed by atoms with Crippen LogP contribution in [0.3, 0.4) is 0 Å². The molecule has 110 valence electrons. The molecule has 2 fully saturated rings. The van der Waals surface area contributed by atoms with E-state index in [1.165, 1.54) is 0 Å². The van der Waals surface area contributed by atoms with Gasteiger partial charge in [0, 0.05) is 17.8 Å². The Balaban J connectivity index is 1.92. The fraction of sp³-hybridized carbons (Fsp3) is 0.538. The van der Waals surface area contributed by atoms with Crippen molar-refractivity contribution in [1.82, 2.24) is 4.31 Å². The molecule has 7 heteroatoms. The number of hydrogen-bond acceptors (Lipinski definition) is 5. The smallest absolute Gasteiger partial charge is 0.243 e. The number of anilines is 1. The summed E-state index contributed by atoms with van der Waals surface area (Å²) in [5.41, 5.74) is 3.15. The number of aliphatic hydroxyl groups excluding tert-OH is 1. The Kier molecular flexibility index (Phi) is 3.45. The van der Waals surface area contributed by atoms with Gasteiger partial charge in [-0.25, -0.2) is 8.42 Å². The minimum Gasteiger partial charge on any atom is -0.393 e. The summed E-state index contributed by atoms with van der Waals surface area (Å²) in [5.74, 6) is 5.28. The summed E-state index contributed by atoms with van der Waals surface area (Å²) in [6, 6.07) is 6.28. The topological polar surface area (TPSA) is 95.7 Å². The normalized spacial score (nSPS) is 30.4. The Hall–Kier alpha value is -1.15. The maximum Gasteiger partial charge on any atom is 0.243 e. The number of benzene rings is 1. The van der Waals surface area contributed by atoms with Crippen LogP contribution in [-0.2, 0) is 10.0 Å². The van der Waals surface area contributed by atoms with Crippen LogP contribution in [0.15, 0.2) is 29.2 Å². The summed E-state index contributed by atoms with van der Waals surface area (Å²) in [7, 11) is -3.49. The van der Waals surface area contributed by atoms with Crippen molar-refractivity contribution in [1.29, 1.82) is 0 Å². The first-order valence-electron chi connectivity index (χ1n) is 6.80. The third kappa shape index (κ3) is 2.20. The Morgan fingerprint density at radius 3 is 2.20 bits per heavy atom. The van der Waals surface area contributed by atoms with E-state index in [-0.39, 0.29) is 23.1 Å². The number of rotatable bonds is 3. The molecule has 6 nitrogen and oxygen atoms in total. The van der Waals surface area contributed by atoms with Crippen molar-refractivity contribution in [2.24, 2.45) is 5.84 Å². The number of aliphatic hydroxyl groups is 1. The molecular formula is C13H19N3O3S. The summed E-state index contributed by atoms with van der Waals surface area (Å²) >= 11 is 0. The number of nitrogens with one attached hydrogen (secondary N) is 1. The van der Waals surface area contributed by atoms with Crippen LogP contribution >= 0.6 is 0 Å². The molecule has 2 bridgehead atoms. The van der Waals surface area contributed by atoms with Crippen molar-refractivity contribution >= 4 is 15.7 Å². The molecule has 0 amide bonds. The second kappa shape index (κ2) is 5.00. The molecule has 0 spiro atoms. The van der Waals surface area contributed by atoms with E-state index < -0.39 is 10.0 Å². The number of nitrogens with two attached hydrogens (primary N) is 1. The number of hydrazine groups is 1. The minimum absolute atomic E-state index is 0.0685. The van der Waals surface area contributed by atoms with Gasteiger partial charge in [0.05, 0.1) is 11.0 Å². The summed E-state index contributed by atoms with van der Waals surface area (Å²) in [6.45, 7) is 0. The van der Waals surface area contributed by atoms with Crippen LogP contribution in [0.2, 0.25) is 0 Å². The molecular weight excluding hydrogens is 278 g/mol. The molecule has 2 aliphatic rings. The highest BCUT2D eigenvalue weighted by Crippen LogP contribution is 2.39. The molecule has 2 aliphatic heterocycles. The van der Waals surface area contributed by atoms with E-state index in [1.54, 1.807) is 28.6 Å². The highest BCUT2D eigenvalue weighted by molar-refractivity contribution is 7.89. The molecule has 20 heavy (non-hydrogen) atoms. The Morgan fingerprint density at radius 1 is 1.15 bits per heavy atom. The zero-order valence-corrected chi connectivity index (χ0v) is 11.9. The lowest BCUT2D eigenvalue weighted by molar-refractivity contribution is 0.0769. The van der Waals surface area contributed by atoms with Gasteiger partial charge in [0.1, 0.15) is 0 Å². The first-order valence-corrected chi connectivity index (χ1v) is 8.24. The average Bonchev–Trinajstić information content (AvgIpc) is 2.72. The number of piperidine rings is 1. The standard InChI is InChI=1S/C13H19N3O3S/c14-15-9-1-5-13(6-2-9)20(18,19)16-10-3-4-11(16)8-12(17)7-10/h1-2,5-6,10-12,15,17H,3-4,7-8,14H2. The van der Waals surface area contributed by atoms with E-state index in [0.717, 1.165) is 12.8 Å². The zero-order chi connectivity index (χ0) is 14.3. The fourth-order valence-corrected chi connectivity index (χ4v) is 5.23. The van der Waals surface area contributed by atoms with Gasteiger partial charge in [0.15, 0.2) is 0 Å². The summed E-state index contributed by atoms with van der Waals surface area (Å²) < 4.78 is 27.1. The molecule has 3 rings (SSSR count). The molecule has 0 radical (unpaired) electrons. The van der Waals surface area contributed by atoms with E-state index in [4.69, 9.17) is 5.84 Å². The number of fused-ring (bicyclic) bond motifs is 2. The summed E-state index contributed by atoms with van der Waals surface area (Å²) in [6.07, 6.45) is 2.38. The first-order chi connectivity index (χ1) is 9.52. The predicted molar refractivity (Wildman–Crippen MR) is 75.3 cm³/mol. The third-order valence-corrected chi connectivity index (χ3v) is 6.26. The predicted octanol–water partition coefficient (Wildman–Crippen LogP) is 0.649. The fourth-order valence-electron chi connectivity index (χ4n) is 3.34. The zero-order valence-electron chi connectivity index (χ0n) is 11.1. The molecule has 2 atom stereocenters. The minimum atomic E-state index is -3.49. The van der Waals surface area contributed by atoms with Gasteiger partial charge in [0.25, 0.3) is 0 Å². The van der Waals surface area contributed by atoms with E-state index >= 15 is 0 Å². The molecule has 0 aliphatic carbocycles. The Labute approximate surface area is 118 Å². The molecule has 2 saturated heterocycles. The van der Waals surface area contributed by atoms with Crippen molar-refractivity contribution in [2.45, 2.75) is 48.8 Å². The number of hydrogen-bond donors (Lipinski definition) is 3. The van der Waals surface area contributed by atoms with Gasteiger partial charge in [-0.05, 0) is 49.9 Å². The summed E-state index contributed by atoms with van der Waals surface area (Å²) in [5, 5.41) is 9.77. The number of nitrogen functional groups attached to an aromatic ring is 1. The SMILES string of the molecule is NNc1ccc(S(=O)(=O)N2C3CCC2CC(O)C3)cc1. The first kappa shape index (κ1) is 13.8. The number of sulfonamides is 1. The molecule has 2 unspecified atom stereocenters. The van der Waals surface area contributed by atoms with Gasteiger partial charge in [0.2, 0.25) is 10.0 Å². The monoisotopic (exact) mass is 297 g/mol. The van der Waals surface area contributed by atoms with Crippen LogP contribution in [0.4, 0.5) is 5.69 Å². The van der Waals surface area contributed by atoms with Crippen LogP contribution in [-0.4, -0.2) is 36.0 Å². The van der Waals surface area contributed by atoms with E-state index in [9.17, 15) is 13.5 Å². The Bertz CT molecular complexity index is 573. The Morgan fingerprint density at radius 2 is 1.70 bits per heavy atom. The van der Waals surface area contributed by atoms with E-state index in [1.807, 2.05) is 0 Å². The molecule has 0 saturated carbocycles. The number of nitrogens with zero attached hydrogens (tertiary/aromatic N) is 1. The summed E-state index contributed by atoms with van der Waals surface area (Å²) in [4.78, 5) is 0.282. The lowest BCUT2D eigenvalue weighted by atomic mass is 10.0. The lowest BCUT2D eigenvalue weighted by Crippen LogP contribution is -2.47. The van der Waals surface area contributed by atoms with Gasteiger partial charge < -0.3 is 10.5 Å². The largest absolute Gasteiger partial charge is 0.393 e. The van der Waals surface area contributed by atoms with Crippen molar-refractivity contribution in [3.05, 3.63) is 24.3 Å². The van der Waals surface area contributed by atoms with Crippen molar-refractivity contribution in [3.63, 3.8) is 0 Å². The van der Waals surface area contributed by atoms with Crippen molar-refractivity contribution in [2.75, 3.05) is 5.43 Å². The molecule has 1 aromatic carbocycles. The highest BCUT2D eigenvalue weighted by Gasteiger charge is 2.46. The van der Waals surface area contributed by atoms with Crippen LogP contribution in [0.25, 0.3) is 0 Å². The third-order valence-electron chi connectivity index (χ3n) is 4.24. The van der Waals surface area contributed by atoms with Crippen LogP contribution < -0.4 is 11.3 Å². The quantitative estimate of drug-likeness (QED) is 0.562. The molecule has 1 aromatic rings. The van der Waals surface area contributed by atoms with Crippen LogP contribution in [0.5, 0.6) is 0 Å². The van der Waals surface area contributed by atoms with Gasteiger partial charge in [-0.2, -0.15) is 4.31 Å². The maximum absolute atomic E-state index is 12.7. The average molecular weight is 297 g/mol. The van der Waals surface area contributed by atoms with Crippen LogP contribution in [0, 0.1) is 0 Å². The van der Waals surface area contributed by atoms with Gasteiger partial charge in [-0.1, -0.05) is 0 Å². The maximum atomic E-state index is 12.7. The molecule has 4 N–H and O–H groups in total. The van der Waals surface area contributed by atoms with Crippen molar-refractivity contribution in [3.8, 4) is 0 Å². The van der Waals surface area contributed by atoms with Crippen LogP contribution in [0.1, 0.15) is 25.7 Å². The van der Waals surface area contributed by atoms with Gasteiger partial charge in [-0.15, -0.1) is 0 Å². The van der Waals surface area contributed by atoms with E-state index in [0.29, 0.717) is 18.5 Å². The van der Waals surface area contributed by atoms with E-state index in [2.05, 4.69) is 5.43 Å². The van der Waals surface area contributed by atoms with Crippen molar-refractivity contribution < 1.29 is 13.5 Å². The highest BCUT2D eigenvalue weighted by atomic mass is 32.2. The molecule has 0 aromatic heterocycles.